The van der Waals surface area contributed by atoms with Crippen LogP contribution in [0.5, 0.6) is 11.5 Å². The fraction of sp³-hybridized carbons (Fsp3) is 0.609. The molecular weight excluding hydrogens is 442 g/mol. The molecule has 1 unspecified atom stereocenters. The number of aliphatic hydroxyl groups excluding tert-OH is 1. The molecule has 11 heteroatoms. The standard InChI is InChI=1S/C23H35N5O6/c24-22(27-31)14-25-13-17(16-29)26-23(30)15-28-9-7-21(8-10-28)34-20-5-3-19(4-6-20)33-12-11-32-18-1-2-18/h3-6,13,17-18,21,29,31H,1-2,7-12,14-16H2,(H2,24,27)(H,26,30). The quantitative estimate of drug-likeness (QED) is 0.0987. The summed E-state index contributed by atoms with van der Waals surface area (Å²) in [5.74, 6) is 1.34. The number of rotatable bonds is 14. The van der Waals surface area contributed by atoms with Crippen LogP contribution in [-0.4, -0.2) is 97.4 Å². The van der Waals surface area contributed by atoms with Crippen molar-refractivity contribution in [2.75, 3.05) is 46.0 Å². The molecule has 0 radical (unpaired) electrons. The highest BCUT2D eigenvalue weighted by Crippen LogP contribution is 2.24. The Balaban J connectivity index is 1.31. The number of amides is 1. The van der Waals surface area contributed by atoms with Gasteiger partial charge < -0.3 is 35.6 Å². The van der Waals surface area contributed by atoms with Crippen LogP contribution in [0.4, 0.5) is 0 Å². The van der Waals surface area contributed by atoms with Crippen LogP contribution in [0.3, 0.4) is 0 Å². The van der Waals surface area contributed by atoms with E-state index >= 15 is 0 Å². The fourth-order valence-corrected chi connectivity index (χ4v) is 3.49. The second-order valence-electron chi connectivity index (χ2n) is 8.42. The number of hydrogen-bond acceptors (Lipinski definition) is 9. The van der Waals surface area contributed by atoms with E-state index in [1.807, 2.05) is 24.3 Å². The van der Waals surface area contributed by atoms with E-state index in [2.05, 4.69) is 20.4 Å². The smallest absolute Gasteiger partial charge is 0.234 e. The molecule has 34 heavy (non-hydrogen) atoms. The number of aliphatic imine (C=N–C) groups is 1. The minimum atomic E-state index is -0.627. The monoisotopic (exact) mass is 477 g/mol. The third-order valence-corrected chi connectivity index (χ3v) is 5.47. The highest BCUT2D eigenvalue weighted by Gasteiger charge is 2.23. The molecule has 0 aromatic heterocycles. The third-order valence-electron chi connectivity index (χ3n) is 5.47. The molecule has 1 aliphatic heterocycles. The molecule has 1 saturated heterocycles. The molecule has 1 atom stereocenters. The first-order valence-corrected chi connectivity index (χ1v) is 11.7. The first-order chi connectivity index (χ1) is 16.6. The molecule has 2 fully saturated rings. The SMILES string of the molecule is NC(CN=CC(CO)NC(=O)CN1CCC(Oc2ccc(OCCOC3CC3)cc2)CC1)=NO. The molecule has 0 spiro atoms. The van der Waals surface area contributed by atoms with Gasteiger partial charge in [0.15, 0.2) is 5.84 Å². The van der Waals surface area contributed by atoms with Gasteiger partial charge in [-0.15, -0.1) is 0 Å². The Hall–Kier alpha value is -2.89. The van der Waals surface area contributed by atoms with Crippen molar-refractivity contribution in [2.24, 2.45) is 15.9 Å². The summed E-state index contributed by atoms with van der Waals surface area (Å²) >= 11 is 0. The predicted molar refractivity (Wildman–Crippen MR) is 127 cm³/mol. The summed E-state index contributed by atoms with van der Waals surface area (Å²) < 4.78 is 17.3. The molecule has 1 amide bonds. The van der Waals surface area contributed by atoms with E-state index in [-0.39, 0.29) is 37.5 Å². The maximum Gasteiger partial charge on any atom is 0.234 e. The van der Waals surface area contributed by atoms with Gasteiger partial charge in [-0.3, -0.25) is 14.7 Å². The summed E-state index contributed by atoms with van der Waals surface area (Å²) in [6.45, 7) is 2.56. The van der Waals surface area contributed by atoms with Crippen molar-refractivity contribution in [1.82, 2.24) is 10.2 Å². The number of nitrogens with one attached hydrogen (secondary N) is 1. The Morgan fingerprint density at radius 1 is 1.15 bits per heavy atom. The molecule has 1 aromatic rings. The largest absolute Gasteiger partial charge is 0.491 e. The minimum Gasteiger partial charge on any atom is -0.491 e. The van der Waals surface area contributed by atoms with Gasteiger partial charge in [-0.25, -0.2) is 0 Å². The maximum atomic E-state index is 12.3. The number of nitrogens with zero attached hydrogens (tertiary/aromatic N) is 3. The second kappa shape index (κ2) is 13.7. The average Bonchev–Trinajstić information content (AvgIpc) is 3.68. The molecule has 1 aliphatic carbocycles. The molecule has 2 aliphatic rings. The number of nitrogens with two attached hydrogens (primary N) is 1. The van der Waals surface area contributed by atoms with Crippen LogP contribution < -0.4 is 20.5 Å². The second-order valence-corrected chi connectivity index (χ2v) is 8.42. The number of likely N-dealkylation sites (tertiary alicyclic amines) is 1. The molecule has 5 N–H and O–H groups in total. The van der Waals surface area contributed by atoms with Gasteiger partial charge in [-0.1, -0.05) is 5.16 Å². The van der Waals surface area contributed by atoms with Crippen molar-refractivity contribution >= 4 is 18.0 Å². The van der Waals surface area contributed by atoms with Gasteiger partial charge in [0.05, 0.1) is 38.4 Å². The van der Waals surface area contributed by atoms with Crippen LogP contribution in [0.25, 0.3) is 0 Å². The van der Waals surface area contributed by atoms with Crippen LogP contribution in [0.2, 0.25) is 0 Å². The van der Waals surface area contributed by atoms with Gasteiger partial charge in [0, 0.05) is 19.3 Å². The van der Waals surface area contributed by atoms with E-state index in [0.29, 0.717) is 19.3 Å². The summed E-state index contributed by atoms with van der Waals surface area (Å²) in [4.78, 5) is 18.3. The molecule has 1 saturated carbocycles. The lowest BCUT2D eigenvalue weighted by molar-refractivity contribution is -0.123. The topological polar surface area (TPSA) is 151 Å². The number of aliphatic hydroxyl groups is 1. The molecule has 0 bridgehead atoms. The Morgan fingerprint density at radius 2 is 1.85 bits per heavy atom. The van der Waals surface area contributed by atoms with Crippen LogP contribution in [0, 0.1) is 0 Å². The van der Waals surface area contributed by atoms with E-state index < -0.39 is 6.04 Å². The van der Waals surface area contributed by atoms with E-state index in [1.165, 1.54) is 6.21 Å². The van der Waals surface area contributed by atoms with Crippen LogP contribution >= 0.6 is 0 Å². The van der Waals surface area contributed by atoms with Crippen molar-refractivity contribution in [3.05, 3.63) is 24.3 Å². The van der Waals surface area contributed by atoms with Gasteiger partial charge in [0.2, 0.25) is 5.91 Å². The number of oxime groups is 1. The van der Waals surface area contributed by atoms with Crippen molar-refractivity contribution < 1.29 is 29.3 Å². The zero-order valence-electron chi connectivity index (χ0n) is 19.3. The predicted octanol–water partition coefficient (Wildman–Crippen LogP) is 0.382. The lowest BCUT2D eigenvalue weighted by Gasteiger charge is -2.31. The normalized spacial score (nSPS) is 18.7. The average molecular weight is 478 g/mol. The third kappa shape index (κ3) is 9.54. The number of piperidine rings is 1. The van der Waals surface area contributed by atoms with Crippen molar-refractivity contribution in [2.45, 2.75) is 43.9 Å². The zero-order chi connectivity index (χ0) is 24.2. The van der Waals surface area contributed by atoms with Gasteiger partial charge >= 0.3 is 0 Å². The van der Waals surface area contributed by atoms with Gasteiger partial charge in [0.1, 0.15) is 24.2 Å². The fourth-order valence-electron chi connectivity index (χ4n) is 3.49. The maximum absolute atomic E-state index is 12.3. The highest BCUT2D eigenvalue weighted by molar-refractivity contribution is 5.85. The Kier molecular flexibility index (Phi) is 10.4. The highest BCUT2D eigenvalue weighted by atomic mass is 16.5. The molecule has 1 aromatic carbocycles. The summed E-state index contributed by atoms with van der Waals surface area (Å²) in [6, 6.07) is 6.99. The molecule has 3 rings (SSSR count). The lowest BCUT2D eigenvalue weighted by Crippen LogP contribution is -2.47. The number of hydrogen-bond donors (Lipinski definition) is 4. The van der Waals surface area contributed by atoms with E-state index in [9.17, 15) is 9.90 Å². The summed E-state index contributed by atoms with van der Waals surface area (Å²) in [7, 11) is 0. The van der Waals surface area contributed by atoms with Crippen molar-refractivity contribution in [3.8, 4) is 11.5 Å². The minimum absolute atomic E-state index is 0.0124. The molecule has 188 valence electrons. The van der Waals surface area contributed by atoms with Crippen LogP contribution in [0.15, 0.2) is 34.4 Å². The van der Waals surface area contributed by atoms with Crippen molar-refractivity contribution in [1.29, 1.82) is 0 Å². The summed E-state index contributed by atoms with van der Waals surface area (Å²) in [6.07, 6.45) is 5.87. The number of ether oxygens (including phenoxy) is 3. The summed E-state index contributed by atoms with van der Waals surface area (Å²) in [5, 5.41) is 23.4. The van der Waals surface area contributed by atoms with Crippen LogP contribution in [0.1, 0.15) is 25.7 Å². The zero-order valence-corrected chi connectivity index (χ0v) is 19.3. The summed E-state index contributed by atoms with van der Waals surface area (Å²) in [5.41, 5.74) is 5.33. The van der Waals surface area contributed by atoms with Crippen LogP contribution in [-0.2, 0) is 9.53 Å². The molecular formula is C23H35N5O6. The molecule has 1 heterocycles. The van der Waals surface area contributed by atoms with Gasteiger partial charge in [-0.05, 0) is 49.9 Å². The van der Waals surface area contributed by atoms with E-state index in [0.717, 1.165) is 50.3 Å². The Morgan fingerprint density at radius 3 is 2.50 bits per heavy atom. The number of amidine groups is 1. The first kappa shape index (κ1) is 25.7. The van der Waals surface area contributed by atoms with E-state index in [1.54, 1.807) is 0 Å². The lowest BCUT2D eigenvalue weighted by atomic mass is 10.1. The number of benzene rings is 1. The van der Waals surface area contributed by atoms with Gasteiger partial charge in [0.25, 0.3) is 0 Å². The van der Waals surface area contributed by atoms with Crippen molar-refractivity contribution in [3.63, 3.8) is 0 Å². The Labute approximate surface area is 199 Å². The number of carbonyl (C=O) groups excluding carboxylic acids is 1. The Bertz CT molecular complexity index is 807. The first-order valence-electron chi connectivity index (χ1n) is 11.7. The van der Waals surface area contributed by atoms with E-state index in [4.69, 9.17) is 25.2 Å². The molecule has 11 nitrogen and oxygen atoms in total. The number of carbonyl (C=O) groups is 1. The van der Waals surface area contributed by atoms with Gasteiger partial charge in [-0.2, -0.15) is 0 Å².